The highest BCUT2D eigenvalue weighted by Crippen LogP contribution is 2.28. The molecule has 0 atom stereocenters. The maximum Gasteiger partial charge on any atom is 0.202 e. The molecule has 0 unspecified atom stereocenters. The van der Waals surface area contributed by atoms with Crippen LogP contribution in [0.1, 0.15) is 17.1 Å². The molecule has 7 heteroatoms. The Morgan fingerprint density at radius 2 is 1.91 bits per heavy atom. The van der Waals surface area contributed by atoms with Gasteiger partial charge in [-0.05, 0) is 37.2 Å². The quantitative estimate of drug-likeness (QED) is 0.740. The van der Waals surface area contributed by atoms with Gasteiger partial charge in [-0.3, -0.25) is 4.57 Å². The van der Waals surface area contributed by atoms with Gasteiger partial charge in [-0.1, -0.05) is 18.2 Å². The summed E-state index contributed by atoms with van der Waals surface area (Å²) in [4.78, 5) is 8.23. The minimum absolute atomic E-state index is 0.293. The van der Waals surface area contributed by atoms with Crippen LogP contribution in [-0.4, -0.2) is 24.7 Å². The highest BCUT2D eigenvalue weighted by molar-refractivity contribution is 7.99. The second kappa shape index (κ2) is 5.95. The Labute approximate surface area is 131 Å². The third-order valence-electron chi connectivity index (χ3n) is 3.09. The number of hydrogen-bond acceptors (Lipinski definition) is 6. The van der Waals surface area contributed by atoms with E-state index in [9.17, 15) is 0 Å². The molecular formula is C15H12N6S. The van der Waals surface area contributed by atoms with Crippen molar-refractivity contribution in [1.29, 1.82) is 5.26 Å². The summed E-state index contributed by atoms with van der Waals surface area (Å²) < 4.78 is 1.99. The van der Waals surface area contributed by atoms with Crippen molar-refractivity contribution in [2.45, 2.75) is 24.0 Å². The summed E-state index contributed by atoms with van der Waals surface area (Å²) in [6.07, 6.45) is 3.01. The number of para-hydroxylation sites is 1. The van der Waals surface area contributed by atoms with Gasteiger partial charge < -0.3 is 0 Å². The van der Waals surface area contributed by atoms with E-state index in [0.29, 0.717) is 15.9 Å². The molecule has 0 amide bonds. The van der Waals surface area contributed by atoms with Crippen LogP contribution in [0.25, 0.3) is 5.69 Å². The molecule has 3 aromatic rings. The molecular weight excluding hydrogens is 296 g/mol. The summed E-state index contributed by atoms with van der Waals surface area (Å²) in [5, 5.41) is 18.5. The van der Waals surface area contributed by atoms with E-state index < -0.39 is 0 Å². The number of aryl methyl sites for hydroxylation is 2. The van der Waals surface area contributed by atoms with Gasteiger partial charge in [-0.15, -0.1) is 10.2 Å². The van der Waals surface area contributed by atoms with Crippen LogP contribution in [0.15, 0.2) is 46.8 Å². The van der Waals surface area contributed by atoms with E-state index in [1.165, 1.54) is 18.0 Å². The Morgan fingerprint density at radius 3 is 2.59 bits per heavy atom. The second-order valence-electron chi connectivity index (χ2n) is 4.61. The van der Waals surface area contributed by atoms with E-state index in [2.05, 4.69) is 20.2 Å². The fourth-order valence-electron chi connectivity index (χ4n) is 2.02. The van der Waals surface area contributed by atoms with Gasteiger partial charge in [0.15, 0.2) is 5.69 Å². The predicted octanol–water partition coefficient (Wildman–Crippen LogP) is 2.70. The lowest BCUT2D eigenvalue weighted by atomic mass is 10.2. The van der Waals surface area contributed by atoms with Gasteiger partial charge in [-0.2, -0.15) is 5.26 Å². The van der Waals surface area contributed by atoms with Crippen molar-refractivity contribution in [2.75, 3.05) is 0 Å². The van der Waals surface area contributed by atoms with Crippen LogP contribution in [-0.2, 0) is 0 Å². The minimum Gasteiger partial charge on any atom is -0.274 e. The molecule has 0 saturated carbocycles. The highest BCUT2D eigenvalue weighted by atomic mass is 32.2. The lowest BCUT2D eigenvalue weighted by molar-refractivity contribution is 0.858. The molecule has 22 heavy (non-hydrogen) atoms. The van der Waals surface area contributed by atoms with E-state index in [-0.39, 0.29) is 0 Å². The van der Waals surface area contributed by atoms with Gasteiger partial charge >= 0.3 is 0 Å². The van der Waals surface area contributed by atoms with Crippen molar-refractivity contribution in [3.63, 3.8) is 0 Å². The molecule has 2 aromatic heterocycles. The van der Waals surface area contributed by atoms with Crippen molar-refractivity contribution in [2.24, 2.45) is 0 Å². The van der Waals surface area contributed by atoms with E-state index in [1.807, 2.05) is 48.7 Å². The summed E-state index contributed by atoms with van der Waals surface area (Å²) >= 11 is 1.36. The lowest BCUT2D eigenvalue weighted by Crippen LogP contribution is -2.01. The Hall–Kier alpha value is -2.72. The van der Waals surface area contributed by atoms with Crippen LogP contribution in [0.5, 0.6) is 0 Å². The number of aromatic nitrogens is 5. The molecule has 0 spiro atoms. The zero-order chi connectivity index (χ0) is 15.5. The van der Waals surface area contributed by atoms with E-state index >= 15 is 0 Å². The van der Waals surface area contributed by atoms with Crippen molar-refractivity contribution in [1.82, 2.24) is 24.7 Å². The topological polar surface area (TPSA) is 80.3 Å². The highest BCUT2D eigenvalue weighted by Gasteiger charge is 2.14. The molecule has 6 nitrogen and oxygen atoms in total. The first kappa shape index (κ1) is 14.2. The van der Waals surface area contributed by atoms with Gasteiger partial charge in [0.2, 0.25) is 5.16 Å². The number of rotatable bonds is 3. The Morgan fingerprint density at radius 1 is 1.09 bits per heavy atom. The standard InChI is InChI=1S/C15H12N6S/c1-10-5-3-4-6-13(10)21-11(2)19-20-15(21)22-14-9-17-12(7-16)8-18-14/h3-6,8-9H,1-2H3. The smallest absolute Gasteiger partial charge is 0.202 e. The van der Waals surface area contributed by atoms with Crippen LogP contribution >= 0.6 is 11.8 Å². The zero-order valence-corrected chi connectivity index (χ0v) is 12.9. The normalized spacial score (nSPS) is 10.4. The van der Waals surface area contributed by atoms with E-state index in [0.717, 1.165) is 17.1 Å². The summed E-state index contributed by atoms with van der Waals surface area (Å²) in [5.74, 6) is 0.804. The number of nitrogens with zero attached hydrogens (tertiary/aromatic N) is 6. The molecule has 0 N–H and O–H groups in total. The third-order valence-corrected chi connectivity index (χ3v) is 3.96. The van der Waals surface area contributed by atoms with Gasteiger partial charge in [0.1, 0.15) is 16.9 Å². The summed E-state index contributed by atoms with van der Waals surface area (Å²) in [6.45, 7) is 3.96. The largest absolute Gasteiger partial charge is 0.274 e. The minimum atomic E-state index is 0.293. The van der Waals surface area contributed by atoms with E-state index in [1.54, 1.807) is 6.20 Å². The molecule has 0 aliphatic heterocycles. The van der Waals surface area contributed by atoms with Crippen molar-refractivity contribution in [3.8, 4) is 11.8 Å². The van der Waals surface area contributed by atoms with Crippen LogP contribution < -0.4 is 0 Å². The van der Waals surface area contributed by atoms with Crippen LogP contribution in [0.4, 0.5) is 0 Å². The molecule has 0 fully saturated rings. The lowest BCUT2D eigenvalue weighted by Gasteiger charge is -2.10. The molecule has 0 aliphatic carbocycles. The zero-order valence-electron chi connectivity index (χ0n) is 12.1. The molecule has 2 heterocycles. The van der Waals surface area contributed by atoms with Gasteiger partial charge in [0, 0.05) is 0 Å². The number of hydrogen-bond donors (Lipinski definition) is 0. The molecule has 3 rings (SSSR count). The summed E-state index contributed by atoms with van der Waals surface area (Å²) in [5.41, 5.74) is 2.47. The van der Waals surface area contributed by atoms with Crippen molar-refractivity contribution in [3.05, 3.63) is 53.7 Å². The molecule has 0 aliphatic rings. The number of benzene rings is 1. The van der Waals surface area contributed by atoms with Gasteiger partial charge in [-0.25, -0.2) is 9.97 Å². The average molecular weight is 308 g/mol. The Kier molecular flexibility index (Phi) is 3.85. The monoisotopic (exact) mass is 308 g/mol. The average Bonchev–Trinajstić information content (AvgIpc) is 2.89. The fourth-order valence-corrected chi connectivity index (χ4v) is 2.82. The predicted molar refractivity (Wildman–Crippen MR) is 81.7 cm³/mol. The first-order valence-electron chi connectivity index (χ1n) is 6.57. The SMILES string of the molecule is Cc1ccccc1-n1c(C)nnc1Sc1cnc(C#N)cn1. The molecule has 0 bridgehead atoms. The maximum absolute atomic E-state index is 8.76. The first-order valence-corrected chi connectivity index (χ1v) is 7.38. The molecule has 0 saturated heterocycles. The van der Waals surface area contributed by atoms with Crippen LogP contribution in [0, 0.1) is 25.2 Å². The van der Waals surface area contributed by atoms with Crippen molar-refractivity contribution < 1.29 is 0 Å². The summed E-state index contributed by atoms with van der Waals surface area (Å²) in [6, 6.07) is 10.0. The maximum atomic E-state index is 8.76. The van der Waals surface area contributed by atoms with Crippen LogP contribution in [0.3, 0.4) is 0 Å². The molecule has 108 valence electrons. The summed E-state index contributed by atoms with van der Waals surface area (Å²) in [7, 11) is 0. The van der Waals surface area contributed by atoms with E-state index in [4.69, 9.17) is 5.26 Å². The Balaban J connectivity index is 1.99. The van der Waals surface area contributed by atoms with Gasteiger partial charge in [0.25, 0.3) is 0 Å². The second-order valence-corrected chi connectivity index (χ2v) is 5.59. The van der Waals surface area contributed by atoms with Gasteiger partial charge in [0.05, 0.1) is 18.1 Å². The Bertz CT molecular complexity index is 847. The van der Waals surface area contributed by atoms with Crippen LogP contribution in [0.2, 0.25) is 0 Å². The third kappa shape index (κ3) is 2.69. The molecule has 0 radical (unpaired) electrons. The van der Waals surface area contributed by atoms with Crippen molar-refractivity contribution >= 4 is 11.8 Å². The fraction of sp³-hybridized carbons (Fsp3) is 0.133. The number of nitriles is 1. The molecule has 1 aromatic carbocycles. The first-order chi connectivity index (χ1) is 10.7.